The van der Waals surface area contributed by atoms with Gasteiger partial charge in [-0.2, -0.15) is 0 Å². The van der Waals surface area contributed by atoms with Crippen LogP contribution in [0.1, 0.15) is 25.3 Å². The lowest BCUT2D eigenvalue weighted by molar-refractivity contribution is 0.427. The highest BCUT2D eigenvalue weighted by Crippen LogP contribution is 2.28. The maximum absolute atomic E-state index is 6.05. The zero-order valence-electron chi connectivity index (χ0n) is 11.6. The van der Waals surface area contributed by atoms with Crippen molar-refractivity contribution in [1.29, 1.82) is 0 Å². The lowest BCUT2D eigenvalue weighted by Gasteiger charge is -2.38. The fourth-order valence-corrected chi connectivity index (χ4v) is 3.03. The molecule has 19 heavy (non-hydrogen) atoms. The quantitative estimate of drug-likeness (QED) is 0.852. The Morgan fingerprint density at radius 2 is 2.11 bits per heavy atom. The van der Waals surface area contributed by atoms with Crippen LogP contribution in [0.5, 0.6) is 0 Å². The molecule has 1 aliphatic rings. The highest BCUT2D eigenvalue weighted by atomic mass is 15.2. The first-order valence-electron chi connectivity index (χ1n) is 7.04. The van der Waals surface area contributed by atoms with Gasteiger partial charge < -0.3 is 10.6 Å². The Bertz CT molecular complexity index is 594. The summed E-state index contributed by atoms with van der Waals surface area (Å²) >= 11 is 0. The minimum Gasteiger partial charge on any atom is -0.354 e. The summed E-state index contributed by atoms with van der Waals surface area (Å²) < 4.78 is 0. The van der Waals surface area contributed by atoms with Gasteiger partial charge in [-0.05, 0) is 44.4 Å². The SMILES string of the molecule is Cc1cc2ccccc2nc1N1CCC(N)CC1C. The summed E-state index contributed by atoms with van der Waals surface area (Å²) in [4.78, 5) is 7.27. The molecule has 3 nitrogen and oxygen atoms in total. The zero-order chi connectivity index (χ0) is 13.4. The summed E-state index contributed by atoms with van der Waals surface area (Å²) in [7, 11) is 0. The smallest absolute Gasteiger partial charge is 0.132 e. The summed E-state index contributed by atoms with van der Waals surface area (Å²) in [5.74, 6) is 1.12. The first kappa shape index (κ1) is 12.4. The molecule has 1 saturated heterocycles. The van der Waals surface area contributed by atoms with Crippen LogP contribution in [-0.4, -0.2) is 23.6 Å². The second-order valence-electron chi connectivity index (χ2n) is 5.65. The van der Waals surface area contributed by atoms with E-state index in [0.717, 1.165) is 30.7 Å². The number of aryl methyl sites for hydroxylation is 1. The van der Waals surface area contributed by atoms with Gasteiger partial charge in [-0.15, -0.1) is 0 Å². The Balaban J connectivity index is 2.02. The number of benzene rings is 1. The van der Waals surface area contributed by atoms with E-state index in [1.54, 1.807) is 0 Å². The number of piperidine rings is 1. The molecule has 0 bridgehead atoms. The zero-order valence-corrected chi connectivity index (χ0v) is 11.6. The van der Waals surface area contributed by atoms with Gasteiger partial charge in [-0.1, -0.05) is 18.2 Å². The van der Waals surface area contributed by atoms with Crippen LogP contribution in [0.25, 0.3) is 10.9 Å². The number of hydrogen-bond donors (Lipinski definition) is 1. The number of para-hydroxylation sites is 1. The first-order chi connectivity index (χ1) is 9.15. The number of aromatic nitrogens is 1. The summed E-state index contributed by atoms with van der Waals surface area (Å²) in [6.07, 6.45) is 2.10. The molecule has 100 valence electrons. The maximum Gasteiger partial charge on any atom is 0.132 e. The van der Waals surface area contributed by atoms with Crippen LogP contribution in [0.2, 0.25) is 0 Å². The Labute approximate surface area is 114 Å². The monoisotopic (exact) mass is 255 g/mol. The van der Waals surface area contributed by atoms with Crippen LogP contribution in [0.4, 0.5) is 5.82 Å². The van der Waals surface area contributed by atoms with E-state index >= 15 is 0 Å². The van der Waals surface area contributed by atoms with Gasteiger partial charge >= 0.3 is 0 Å². The number of pyridine rings is 1. The van der Waals surface area contributed by atoms with E-state index in [0.29, 0.717) is 12.1 Å². The number of hydrogen-bond acceptors (Lipinski definition) is 3. The molecule has 0 saturated carbocycles. The minimum absolute atomic E-state index is 0.340. The summed E-state index contributed by atoms with van der Waals surface area (Å²) in [5, 5.41) is 1.21. The molecule has 3 heteroatoms. The van der Waals surface area contributed by atoms with Crippen molar-refractivity contribution in [2.75, 3.05) is 11.4 Å². The van der Waals surface area contributed by atoms with E-state index in [9.17, 15) is 0 Å². The molecule has 2 N–H and O–H groups in total. The van der Waals surface area contributed by atoms with Crippen molar-refractivity contribution in [3.05, 3.63) is 35.9 Å². The topological polar surface area (TPSA) is 42.2 Å². The highest BCUT2D eigenvalue weighted by molar-refractivity contribution is 5.81. The van der Waals surface area contributed by atoms with Gasteiger partial charge in [0.15, 0.2) is 0 Å². The van der Waals surface area contributed by atoms with Crippen molar-refractivity contribution in [2.45, 2.75) is 38.8 Å². The van der Waals surface area contributed by atoms with Gasteiger partial charge in [0.2, 0.25) is 0 Å². The molecule has 2 heterocycles. The van der Waals surface area contributed by atoms with E-state index in [-0.39, 0.29) is 0 Å². The minimum atomic E-state index is 0.340. The average molecular weight is 255 g/mol. The fraction of sp³-hybridized carbons (Fsp3) is 0.438. The number of fused-ring (bicyclic) bond motifs is 1. The van der Waals surface area contributed by atoms with Crippen LogP contribution in [0.3, 0.4) is 0 Å². The summed E-state index contributed by atoms with van der Waals surface area (Å²) in [6, 6.07) is 11.4. The van der Waals surface area contributed by atoms with Crippen molar-refractivity contribution in [2.24, 2.45) is 5.73 Å². The molecular weight excluding hydrogens is 234 g/mol. The fourth-order valence-electron chi connectivity index (χ4n) is 3.03. The van der Waals surface area contributed by atoms with Crippen LogP contribution < -0.4 is 10.6 Å². The molecule has 1 aromatic carbocycles. The Morgan fingerprint density at radius 3 is 2.89 bits per heavy atom. The molecule has 0 amide bonds. The number of rotatable bonds is 1. The van der Waals surface area contributed by atoms with E-state index < -0.39 is 0 Å². The molecule has 2 atom stereocenters. The average Bonchev–Trinajstić information content (AvgIpc) is 2.38. The number of nitrogens with zero attached hydrogens (tertiary/aromatic N) is 2. The van der Waals surface area contributed by atoms with Gasteiger partial charge in [0.1, 0.15) is 5.82 Å². The van der Waals surface area contributed by atoms with Gasteiger partial charge in [0.05, 0.1) is 5.52 Å². The van der Waals surface area contributed by atoms with Gasteiger partial charge in [-0.25, -0.2) is 4.98 Å². The molecule has 0 radical (unpaired) electrons. The second-order valence-corrected chi connectivity index (χ2v) is 5.65. The molecule has 2 aromatic rings. The van der Waals surface area contributed by atoms with E-state index in [2.05, 4.69) is 43.0 Å². The Hall–Kier alpha value is -1.61. The predicted octanol–water partition coefficient (Wildman–Crippen LogP) is 2.86. The van der Waals surface area contributed by atoms with Crippen molar-refractivity contribution in [1.82, 2.24) is 4.98 Å². The van der Waals surface area contributed by atoms with Gasteiger partial charge in [-0.3, -0.25) is 0 Å². The Kier molecular flexibility index (Phi) is 3.15. The summed E-state index contributed by atoms with van der Waals surface area (Å²) in [5.41, 5.74) is 8.37. The van der Waals surface area contributed by atoms with Gasteiger partial charge in [0, 0.05) is 24.0 Å². The standard InChI is InChI=1S/C16H21N3/c1-11-9-13-5-3-4-6-15(13)18-16(11)19-8-7-14(17)10-12(19)2/h3-6,9,12,14H,7-8,10,17H2,1-2H3. The molecule has 1 aromatic heterocycles. The maximum atomic E-state index is 6.05. The van der Waals surface area contributed by atoms with Crippen LogP contribution in [0.15, 0.2) is 30.3 Å². The van der Waals surface area contributed by atoms with E-state index in [1.807, 2.05) is 6.07 Å². The molecule has 0 spiro atoms. The third-order valence-corrected chi connectivity index (χ3v) is 4.08. The molecule has 1 fully saturated rings. The lowest BCUT2D eigenvalue weighted by Crippen LogP contribution is -2.46. The molecular formula is C16H21N3. The molecule has 3 rings (SSSR count). The highest BCUT2D eigenvalue weighted by Gasteiger charge is 2.25. The summed E-state index contributed by atoms with van der Waals surface area (Å²) in [6.45, 7) is 5.40. The van der Waals surface area contributed by atoms with Gasteiger partial charge in [0.25, 0.3) is 0 Å². The molecule has 0 aliphatic carbocycles. The van der Waals surface area contributed by atoms with Crippen molar-refractivity contribution >= 4 is 16.7 Å². The van der Waals surface area contributed by atoms with Crippen molar-refractivity contribution in [3.8, 4) is 0 Å². The second kappa shape index (κ2) is 4.82. The third-order valence-electron chi connectivity index (χ3n) is 4.08. The largest absolute Gasteiger partial charge is 0.354 e. The predicted molar refractivity (Wildman–Crippen MR) is 80.5 cm³/mol. The first-order valence-corrected chi connectivity index (χ1v) is 7.04. The number of anilines is 1. The molecule has 2 unspecified atom stereocenters. The lowest BCUT2D eigenvalue weighted by atomic mass is 9.98. The van der Waals surface area contributed by atoms with E-state index in [1.165, 1.54) is 10.9 Å². The third kappa shape index (κ3) is 2.30. The number of nitrogens with two attached hydrogens (primary N) is 1. The van der Waals surface area contributed by atoms with Crippen LogP contribution >= 0.6 is 0 Å². The normalized spacial score (nSPS) is 23.8. The van der Waals surface area contributed by atoms with Crippen LogP contribution in [0, 0.1) is 6.92 Å². The molecule has 1 aliphatic heterocycles. The van der Waals surface area contributed by atoms with Crippen molar-refractivity contribution < 1.29 is 0 Å². The van der Waals surface area contributed by atoms with Crippen molar-refractivity contribution in [3.63, 3.8) is 0 Å². The Morgan fingerprint density at radius 1 is 1.32 bits per heavy atom. The van der Waals surface area contributed by atoms with Crippen LogP contribution in [-0.2, 0) is 0 Å². The van der Waals surface area contributed by atoms with E-state index in [4.69, 9.17) is 10.7 Å².